The molecular formula is C32H33N5O2. The number of aromatic nitrogens is 3. The van der Waals surface area contributed by atoms with Gasteiger partial charge in [-0.15, -0.1) is 0 Å². The molecule has 0 spiro atoms. The van der Waals surface area contributed by atoms with Crippen molar-refractivity contribution < 1.29 is 9.53 Å². The third kappa shape index (κ3) is 4.34. The Kier molecular flexibility index (Phi) is 5.48. The molecule has 5 heterocycles. The largest absolute Gasteiger partial charge is 0.444 e. The van der Waals surface area contributed by atoms with E-state index in [4.69, 9.17) is 9.72 Å². The van der Waals surface area contributed by atoms with Gasteiger partial charge in [0, 0.05) is 29.9 Å². The smallest absolute Gasteiger partial charge is 0.410 e. The molecule has 7 nitrogen and oxygen atoms in total. The lowest BCUT2D eigenvalue weighted by Crippen LogP contribution is -2.36. The Balaban J connectivity index is 1.07. The molecule has 7 rings (SSSR count). The number of rotatable bonds is 2. The lowest BCUT2D eigenvalue weighted by Gasteiger charge is -2.36. The van der Waals surface area contributed by atoms with Crippen LogP contribution in [0.15, 0.2) is 48.5 Å². The van der Waals surface area contributed by atoms with E-state index >= 15 is 0 Å². The Morgan fingerprint density at radius 3 is 2.51 bits per heavy atom. The first-order chi connectivity index (χ1) is 18.8. The van der Waals surface area contributed by atoms with Gasteiger partial charge < -0.3 is 19.6 Å². The van der Waals surface area contributed by atoms with E-state index in [1.54, 1.807) is 4.90 Å². The number of likely N-dealkylation sites (tertiary alicyclic amines) is 1. The number of H-pyrrole nitrogens is 2. The van der Waals surface area contributed by atoms with Crippen LogP contribution in [0.2, 0.25) is 0 Å². The van der Waals surface area contributed by atoms with Gasteiger partial charge in [-0.2, -0.15) is 0 Å². The van der Waals surface area contributed by atoms with Crippen LogP contribution in [0.3, 0.4) is 0 Å². The second kappa shape index (κ2) is 8.94. The predicted molar refractivity (Wildman–Crippen MR) is 153 cm³/mol. The van der Waals surface area contributed by atoms with E-state index in [2.05, 4.69) is 57.0 Å². The van der Waals surface area contributed by atoms with Crippen molar-refractivity contribution in [1.82, 2.24) is 19.9 Å². The topological polar surface area (TPSA) is 77.2 Å². The lowest BCUT2D eigenvalue weighted by molar-refractivity contribution is 0.0219. The van der Waals surface area contributed by atoms with Gasteiger partial charge >= 0.3 is 6.09 Å². The summed E-state index contributed by atoms with van der Waals surface area (Å²) in [6.07, 6.45) is 4.07. The molecule has 2 fully saturated rings. The minimum atomic E-state index is -0.522. The summed E-state index contributed by atoms with van der Waals surface area (Å²) in [5, 5.41) is 0. The molecule has 0 aliphatic carbocycles. The number of benzene rings is 2. The number of imidazole rings is 1. The van der Waals surface area contributed by atoms with Crippen molar-refractivity contribution in [3.63, 3.8) is 0 Å². The highest BCUT2D eigenvalue weighted by atomic mass is 16.6. The van der Waals surface area contributed by atoms with E-state index < -0.39 is 5.60 Å². The van der Waals surface area contributed by atoms with Gasteiger partial charge in [-0.1, -0.05) is 24.0 Å². The number of fused-ring (bicyclic) bond motifs is 5. The molecule has 2 aromatic heterocycles. The van der Waals surface area contributed by atoms with Crippen molar-refractivity contribution in [2.24, 2.45) is 0 Å². The summed E-state index contributed by atoms with van der Waals surface area (Å²) in [6, 6.07) is 17.2. The zero-order valence-corrected chi connectivity index (χ0v) is 22.7. The summed E-state index contributed by atoms with van der Waals surface area (Å²) < 4.78 is 5.62. The minimum Gasteiger partial charge on any atom is -0.444 e. The molecule has 2 saturated heterocycles. The van der Waals surface area contributed by atoms with E-state index in [-0.39, 0.29) is 12.1 Å². The predicted octanol–water partition coefficient (Wildman–Crippen LogP) is 6.68. The van der Waals surface area contributed by atoms with Crippen LogP contribution in [0.5, 0.6) is 0 Å². The maximum absolute atomic E-state index is 12.7. The van der Waals surface area contributed by atoms with Crippen LogP contribution in [0.25, 0.3) is 22.3 Å². The molecule has 2 aromatic carbocycles. The zero-order valence-electron chi connectivity index (χ0n) is 22.7. The van der Waals surface area contributed by atoms with Crippen LogP contribution < -0.4 is 4.90 Å². The number of amides is 1. The maximum atomic E-state index is 12.7. The van der Waals surface area contributed by atoms with Gasteiger partial charge in [-0.25, -0.2) is 9.78 Å². The first kappa shape index (κ1) is 23.9. The highest BCUT2D eigenvalue weighted by Crippen LogP contribution is 2.50. The normalized spacial score (nSPS) is 19.9. The molecule has 39 heavy (non-hydrogen) atoms. The quantitative estimate of drug-likeness (QED) is 0.290. The van der Waals surface area contributed by atoms with Gasteiger partial charge in [-0.3, -0.25) is 4.90 Å². The minimum absolute atomic E-state index is 0.103. The SMILES string of the molecule is CC(C)(C)OC(=O)N1CCCC1c1nc2ccc(C#Cc3ccc(-c4cc5c([nH]4)C4CCCN54)cc3)cc2[nH]1. The number of aromatic amines is 2. The van der Waals surface area contributed by atoms with E-state index in [0.29, 0.717) is 12.6 Å². The number of ether oxygens (including phenoxy) is 1. The van der Waals surface area contributed by atoms with E-state index in [1.165, 1.54) is 42.0 Å². The van der Waals surface area contributed by atoms with Gasteiger partial charge in [0.2, 0.25) is 0 Å². The third-order valence-corrected chi connectivity index (χ3v) is 7.97. The number of nitrogens with zero attached hydrogens (tertiary/aromatic N) is 3. The van der Waals surface area contributed by atoms with Crippen LogP contribution in [0, 0.1) is 11.8 Å². The first-order valence-corrected chi connectivity index (χ1v) is 13.9. The fourth-order valence-corrected chi connectivity index (χ4v) is 6.13. The molecule has 7 heteroatoms. The van der Waals surface area contributed by atoms with Crippen LogP contribution in [-0.2, 0) is 4.74 Å². The standard InChI is InChI=1S/C32H33N5O2/c1-32(2,3)39-31(38)37-17-5-7-27(37)30-34-23-15-12-21(18-25(23)35-30)9-8-20-10-13-22(14-11-20)24-19-28-29(33-24)26-6-4-16-36(26)28/h10-15,18-19,26-27,33H,4-7,16-17H2,1-3H3,(H,34,35). The maximum Gasteiger partial charge on any atom is 0.410 e. The number of nitrogens with one attached hydrogen (secondary N) is 2. The average Bonchev–Trinajstić information content (AvgIpc) is 3.69. The molecule has 2 N–H and O–H groups in total. The Labute approximate surface area is 228 Å². The Morgan fingerprint density at radius 1 is 0.949 bits per heavy atom. The molecule has 4 aromatic rings. The molecule has 3 aliphatic heterocycles. The molecule has 2 unspecified atom stereocenters. The summed E-state index contributed by atoms with van der Waals surface area (Å²) in [5.74, 6) is 7.40. The number of carbonyl (C=O) groups excluding carboxylic acids is 1. The number of hydrogen-bond acceptors (Lipinski definition) is 4. The van der Waals surface area contributed by atoms with E-state index in [1.807, 2.05) is 39.0 Å². The highest BCUT2D eigenvalue weighted by molar-refractivity contribution is 5.78. The molecule has 2 atom stereocenters. The highest BCUT2D eigenvalue weighted by Gasteiger charge is 2.40. The third-order valence-electron chi connectivity index (χ3n) is 7.97. The first-order valence-electron chi connectivity index (χ1n) is 13.9. The lowest BCUT2D eigenvalue weighted by atomic mass is 10.0. The average molecular weight is 520 g/mol. The second-order valence-corrected chi connectivity index (χ2v) is 11.8. The number of hydrogen-bond donors (Lipinski definition) is 2. The Bertz CT molecular complexity index is 1600. The number of carbonyl (C=O) groups is 1. The van der Waals surface area contributed by atoms with Crippen LogP contribution in [0.1, 0.15) is 81.2 Å². The summed E-state index contributed by atoms with van der Waals surface area (Å²) in [5.41, 5.74) is 8.31. The monoisotopic (exact) mass is 519 g/mol. The summed E-state index contributed by atoms with van der Waals surface area (Å²) >= 11 is 0. The fourth-order valence-electron chi connectivity index (χ4n) is 6.13. The zero-order chi connectivity index (χ0) is 26.7. The van der Waals surface area contributed by atoms with Crippen molar-refractivity contribution in [3.8, 4) is 23.1 Å². The molecular weight excluding hydrogens is 486 g/mol. The van der Waals surface area contributed by atoms with E-state index in [9.17, 15) is 4.79 Å². The van der Waals surface area contributed by atoms with Crippen molar-refractivity contribution in [1.29, 1.82) is 0 Å². The van der Waals surface area contributed by atoms with Gasteiger partial charge in [0.25, 0.3) is 0 Å². The Morgan fingerprint density at radius 2 is 1.69 bits per heavy atom. The molecule has 198 valence electrons. The van der Waals surface area contributed by atoms with Crippen molar-refractivity contribution in [2.75, 3.05) is 18.0 Å². The van der Waals surface area contributed by atoms with Crippen LogP contribution in [0.4, 0.5) is 10.5 Å². The molecule has 0 bridgehead atoms. The van der Waals surface area contributed by atoms with Crippen molar-refractivity contribution in [2.45, 2.75) is 64.1 Å². The van der Waals surface area contributed by atoms with E-state index in [0.717, 1.165) is 40.8 Å². The van der Waals surface area contributed by atoms with Gasteiger partial charge in [0.1, 0.15) is 11.4 Å². The van der Waals surface area contributed by atoms with Gasteiger partial charge in [0.15, 0.2) is 0 Å². The Hall–Kier alpha value is -4.18. The molecule has 3 aliphatic rings. The van der Waals surface area contributed by atoms with Gasteiger partial charge in [0.05, 0.1) is 34.5 Å². The fraction of sp³-hybridized carbons (Fsp3) is 0.375. The number of anilines is 1. The summed E-state index contributed by atoms with van der Waals surface area (Å²) in [7, 11) is 0. The summed E-state index contributed by atoms with van der Waals surface area (Å²) in [6.45, 7) is 7.53. The van der Waals surface area contributed by atoms with Gasteiger partial charge in [-0.05, 0) is 88.4 Å². The second-order valence-electron chi connectivity index (χ2n) is 11.8. The molecule has 1 amide bonds. The van der Waals surface area contributed by atoms with Crippen molar-refractivity contribution >= 4 is 22.8 Å². The molecule has 0 radical (unpaired) electrons. The van der Waals surface area contributed by atoms with Crippen molar-refractivity contribution in [3.05, 3.63) is 71.2 Å². The van der Waals surface area contributed by atoms with Crippen LogP contribution >= 0.6 is 0 Å². The van der Waals surface area contributed by atoms with Crippen LogP contribution in [-0.4, -0.2) is 44.6 Å². The summed E-state index contributed by atoms with van der Waals surface area (Å²) in [4.78, 5) is 28.9. The molecule has 0 saturated carbocycles.